The van der Waals surface area contributed by atoms with Gasteiger partial charge in [0.25, 0.3) is 0 Å². The molecule has 4 saturated carbocycles. The van der Waals surface area contributed by atoms with Crippen LogP contribution in [0.4, 0.5) is 0 Å². The minimum absolute atomic E-state index is 0.604. The molecule has 21 heavy (non-hydrogen) atoms. The SMILES string of the molecule is CC[C@H]1CC[C@H]2[C@@H]3CCC4CCC[CH][C@]4(C)[C@H]3CC[C@]12C. The summed E-state index contributed by atoms with van der Waals surface area (Å²) in [5, 5.41) is 0. The molecule has 0 heteroatoms. The van der Waals surface area contributed by atoms with E-state index in [4.69, 9.17) is 0 Å². The zero-order valence-corrected chi connectivity index (χ0v) is 14.5. The van der Waals surface area contributed by atoms with Crippen molar-refractivity contribution in [1.82, 2.24) is 0 Å². The van der Waals surface area contributed by atoms with Crippen molar-refractivity contribution in [3.05, 3.63) is 6.42 Å². The third kappa shape index (κ3) is 1.93. The highest BCUT2D eigenvalue weighted by atomic mass is 14.6. The van der Waals surface area contributed by atoms with Gasteiger partial charge in [-0.1, -0.05) is 33.6 Å². The molecule has 0 spiro atoms. The van der Waals surface area contributed by atoms with E-state index in [-0.39, 0.29) is 0 Å². The predicted molar refractivity (Wildman–Crippen MR) is 89.8 cm³/mol. The van der Waals surface area contributed by atoms with E-state index in [0.29, 0.717) is 10.8 Å². The molecule has 0 amide bonds. The highest BCUT2D eigenvalue weighted by Crippen LogP contribution is 2.67. The maximum absolute atomic E-state index is 2.78. The number of rotatable bonds is 1. The second-order valence-electron chi connectivity index (χ2n) is 9.38. The van der Waals surface area contributed by atoms with Gasteiger partial charge < -0.3 is 0 Å². The summed E-state index contributed by atoms with van der Waals surface area (Å²) in [6.45, 7) is 7.77. The molecule has 0 nitrogen and oxygen atoms in total. The van der Waals surface area contributed by atoms with Crippen molar-refractivity contribution in [2.45, 2.75) is 85.0 Å². The molecule has 0 heterocycles. The molecule has 0 saturated heterocycles. The summed E-state index contributed by atoms with van der Waals surface area (Å²) in [6.07, 6.45) is 17.9. The minimum atomic E-state index is 0.604. The van der Waals surface area contributed by atoms with Crippen LogP contribution in [0.5, 0.6) is 0 Å². The summed E-state index contributed by atoms with van der Waals surface area (Å²) in [7, 11) is 0. The van der Waals surface area contributed by atoms with Gasteiger partial charge in [0.2, 0.25) is 0 Å². The Morgan fingerprint density at radius 2 is 1.81 bits per heavy atom. The largest absolute Gasteiger partial charge is 0.0651 e. The van der Waals surface area contributed by atoms with E-state index < -0.39 is 0 Å². The highest BCUT2D eigenvalue weighted by Gasteiger charge is 2.59. The van der Waals surface area contributed by atoms with E-state index in [0.717, 1.165) is 29.6 Å². The molecule has 0 aromatic rings. The zero-order valence-electron chi connectivity index (χ0n) is 14.5. The molecule has 0 aliphatic heterocycles. The third-order valence-corrected chi connectivity index (χ3v) is 8.99. The van der Waals surface area contributed by atoms with E-state index >= 15 is 0 Å². The highest BCUT2D eigenvalue weighted by molar-refractivity contribution is 5.12. The van der Waals surface area contributed by atoms with Crippen molar-refractivity contribution in [3.8, 4) is 0 Å². The van der Waals surface area contributed by atoms with Crippen molar-refractivity contribution in [1.29, 1.82) is 0 Å². The van der Waals surface area contributed by atoms with Crippen molar-refractivity contribution in [2.24, 2.45) is 40.4 Å². The van der Waals surface area contributed by atoms with Gasteiger partial charge in [-0.25, -0.2) is 0 Å². The van der Waals surface area contributed by atoms with Crippen LogP contribution in [0.15, 0.2) is 0 Å². The molecule has 119 valence electrons. The number of hydrogen-bond donors (Lipinski definition) is 0. The fraction of sp³-hybridized carbons (Fsp3) is 0.952. The normalized spacial score (nSPS) is 56.4. The van der Waals surface area contributed by atoms with Crippen LogP contribution in [0.25, 0.3) is 0 Å². The van der Waals surface area contributed by atoms with E-state index in [1.807, 2.05) is 0 Å². The molecule has 1 radical (unpaired) electrons. The van der Waals surface area contributed by atoms with Crippen molar-refractivity contribution < 1.29 is 0 Å². The van der Waals surface area contributed by atoms with Gasteiger partial charge in [0.05, 0.1) is 0 Å². The molecule has 0 N–H and O–H groups in total. The number of hydrogen-bond acceptors (Lipinski definition) is 0. The lowest BCUT2D eigenvalue weighted by atomic mass is 9.45. The molecule has 0 bridgehead atoms. The topological polar surface area (TPSA) is 0 Å². The lowest BCUT2D eigenvalue weighted by Gasteiger charge is -2.60. The van der Waals surface area contributed by atoms with Crippen molar-refractivity contribution in [2.75, 3.05) is 0 Å². The molecular weight excluding hydrogens is 252 g/mol. The predicted octanol–water partition coefficient (Wildman–Crippen LogP) is 6.26. The maximum Gasteiger partial charge on any atom is -0.0235 e. The van der Waals surface area contributed by atoms with Crippen LogP contribution in [0.1, 0.15) is 85.0 Å². The molecule has 4 rings (SSSR count). The van der Waals surface area contributed by atoms with E-state index in [1.54, 1.807) is 12.8 Å². The van der Waals surface area contributed by atoms with E-state index in [2.05, 4.69) is 27.2 Å². The van der Waals surface area contributed by atoms with Gasteiger partial charge in [-0.3, -0.25) is 0 Å². The second-order valence-corrected chi connectivity index (χ2v) is 9.38. The Kier molecular flexibility index (Phi) is 3.47. The minimum Gasteiger partial charge on any atom is -0.0651 e. The average molecular weight is 288 g/mol. The second kappa shape index (κ2) is 5.00. The first-order chi connectivity index (χ1) is 10.1. The Morgan fingerprint density at radius 3 is 2.62 bits per heavy atom. The lowest BCUT2D eigenvalue weighted by molar-refractivity contribution is -0.0906. The smallest absolute Gasteiger partial charge is 0.0235 e. The fourth-order valence-corrected chi connectivity index (χ4v) is 7.80. The maximum atomic E-state index is 2.78. The van der Waals surface area contributed by atoms with E-state index in [1.165, 1.54) is 51.4 Å². The van der Waals surface area contributed by atoms with Crippen LogP contribution in [0, 0.1) is 46.8 Å². The lowest BCUT2D eigenvalue weighted by Crippen LogP contribution is -2.52. The van der Waals surface area contributed by atoms with Gasteiger partial charge in [0.1, 0.15) is 0 Å². The van der Waals surface area contributed by atoms with Gasteiger partial charge >= 0.3 is 0 Å². The van der Waals surface area contributed by atoms with Gasteiger partial charge in [0.15, 0.2) is 0 Å². The van der Waals surface area contributed by atoms with Crippen LogP contribution >= 0.6 is 0 Å². The third-order valence-electron chi connectivity index (χ3n) is 8.99. The Labute approximate surface area is 132 Å². The first-order valence-electron chi connectivity index (χ1n) is 9.94. The molecule has 0 aromatic heterocycles. The monoisotopic (exact) mass is 287 g/mol. The van der Waals surface area contributed by atoms with Crippen LogP contribution in [-0.4, -0.2) is 0 Å². The Morgan fingerprint density at radius 1 is 0.952 bits per heavy atom. The first-order valence-corrected chi connectivity index (χ1v) is 9.94. The van der Waals surface area contributed by atoms with Gasteiger partial charge in [0, 0.05) is 0 Å². The molecule has 4 aliphatic rings. The molecule has 4 fully saturated rings. The molecule has 1 unspecified atom stereocenters. The zero-order chi connectivity index (χ0) is 14.7. The summed E-state index contributed by atoms with van der Waals surface area (Å²) in [5.41, 5.74) is 1.31. The van der Waals surface area contributed by atoms with Crippen molar-refractivity contribution in [3.63, 3.8) is 0 Å². The quantitative estimate of drug-likeness (QED) is 0.534. The summed E-state index contributed by atoms with van der Waals surface area (Å²) in [5.74, 6) is 5.22. The summed E-state index contributed by atoms with van der Waals surface area (Å²) in [4.78, 5) is 0. The van der Waals surface area contributed by atoms with Crippen LogP contribution in [0.2, 0.25) is 0 Å². The summed E-state index contributed by atoms with van der Waals surface area (Å²) in [6, 6.07) is 0. The Bertz CT molecular complexity index is 399. The molecular formula is C21H35. The van der Waals surface area contributed by atoms with Crippen LogP contribution < -0.4 is 0 Å². The van der Waals surface area contributed by atoms with Crippen LogP contribution in [0.3, 0.4) is 0 Å². The van der Waals surface area contributed by atoms with Gasteiger partial charge in [-0.2, -0.15) is 0 Å². The summed E-state index contributed by atoms with van der Waals surface area (Å²) < 4.78 is 0. The Balaban J connectivity index is 1.62. The number of fused-ring (bicyclic) bond motifs is 5. The first kappa shape index (κ1) is 14.6. The fourth-order valence-electron chi connectivity index (χ4n) is 7.80. The molecule has 4 aliphatic carbocycles. The average Bonchev–Trinajstić information content (AvgIpc) is 2.83. The van der Waals surface area contributed by atoms with Crippen LogP contribution in [-0.2, 0) is 0 Å². The van der Waals surface area contributed by atoms with Gasteiger partial charge in [-0.15, -0.1) is 0 Å². The van der Waals surface area contributed by atoms with Gasteiger partial charge in [-0.05, 0) is 98.2 Å². The molecule has 0 aromatic carbocycles. The standard InChI is InChI=1S/C21H35/c1-4-15-9-11-18-17-10-8-16-7-5-6-13-20(16,2)19(17)12-14-21(15,18)3/h13,15-19H,4-12,14H2,1-3H3/t15-,16?,17-,18-,19-,20-,21+/m0/s1. The van der Waals surface area contributed by atoms with E-state index in [9.17, 15) is 0 Å². The summed E-state index contributed by atoms with van der Waals surface area (Å²) >= 11 is 0. The molecule has 7 atom stereocenters. The van der Waals surface area contributed by atoms with Crippen molar-refractivity contribution >= 4 is 0 Å². The Hall–Kier alpha value is 0.